The summed E-state index contributed by atoms with van der Waals surface area (Å²) in [6.07, 6.45) is 3.43. The van der Waals surface area contributed by atoms with Gasteiger partial charge in [0.2, 0.25) is 0 Å². The number of nitrogens with one attached hydrogen (secondary N) is 2. The molecule has 1 unspecified atom stereocenters. The molecule has 6 heteroatoms. The molecule has 3 N–H and O–H groups in total. The first-order chi connectivity index (χ1) is 16.2. The smallest absolute Gasteiger partial charge is 0.252 e. The molecular weight excluding hydrogens is 412 g/mol. The van der Waals surface area contributed by atoms with Crippen LogP contribution in [0.2, 0.25) is 0 Å². The Morgan fingerprint density at radius 2 is 1.76 bits per heavy atom. The first kappa shape index (κ1) is 19.4. The van der Waals surface area contributed by atoms with Crippen LogP contribution in [0.4, 0.5) is 0 Å². The van der Waals surface area contributed by atoms with Gasteiger partial charge in [0, 0.05) is 23.3 Å². The van der Waals surface area contributed by atoms with Gasteiger partial charge in [-0.3, -0.25) is 9.78 Å². The van der Waals surface area contributed by atoms with Crippen molar-refractivity contribution >= 4 is 16.9 Å². The average Bonchev–Trinajstić information content (AvgIpc) is 3.47. The lowest BCUT2D eigenvalue weighted by Crippen LogP contribution is -2.28. The van der Waals surface area contributed by atoms with Gasteiger partial charge in [0.25, 0.3) is 5.91 Å². The lowest BCUT2D eigenvalue weighted by molar-refractivity contribution is 0.0945. The highest BCUT2D eigenvalue weighted by molar-refractivity contribution is 6.06. The molecule has 6 rings (SSSR count). The molecule has 0 saturated heterocycles. The molecule has 0 aliphatic heterocycles. The normalized spacial score (nSPS) is 14.2. The third-order valence-electron chi connectivity index (χ3n) is 6.17. The van der Waals surface area contributed by atoms with Crippen molar-refractivity contribution in [2.75, 3.05) is 0 Å². The minimum atomic E-state index is -0.285. The van der Waals surface area contributed by atoms with Crippen LogP contribution in [-0.4, -0.2) is 26.0 Å². The standard InChI is InChI=1S/C27H20N4O2/c32-15-16-5-3-10-23(30-16)21-8-4-9-22-24(21)17-6-1-2-7-18(17)25(22)31-27(33)20-12-14-29-26-19(20)11-13-28-26/h1-14,25,32H,15H2,(H,28,29)(H,31,33). The van der Waals surface area contributed by atoms with Crippen LogP contribution in [-0.2, 0) is 6.61 Å². The Labute approximate surface area is 190 Å². The minimum absolute atomic E-state index is 0.113. The highest BCUT2D eigenvalue weighted by atomic mass is 16.3. The number of amides is 1. The van der Waals surface area contributed by atoms with Gasteiger partial charge in [-0.25, -0.2) is 4.98 Å². The number of carbonyl (C=O) groups is 1. The molecule has 5 aromatic rings. The molecule has 160 valence electrons. The summed E-state index contributed by atoms with van der Waals surface area (Å²) in [7, 11) is 0. The number of hydrogen-bond donors (Lipinski definition) is 3. The van der Waals surface area contributed by atoms with Crippen molar-refractivity contribution in [3.8, 4) is 22.4 Å². The average molecular weight is 432 g/mol. The van der Waals surface area contributed by atoms with Crippen LogP contribution >= 0.6 is 0 Å². The predicted molar refractivity (Wildman–Crippen MR) is 126 cm³/mol. The summed E-state index contributed by atoms with van der Waals surface area (Å²) < 4.78 is 0. The zero-order valence-electron chi connectivity index (χ0n) is 17.6. The fraction of sp³-hybridized carbons (Fsp3) is 0.0741. The van der Waals surface area contributed by atoms with E-state index in [9.17, 15) is 9.90 Å². The van der Waals surface area contributed by atoms with Gasteiger partial charge in [-0.15, -0.1) is 0 Å². The second-order valence-corrected chi connectivity index (χ2v) is 8.03. The number of aliphatic hydroxyl groups is 1. The molecular formula is C27H20N4O2. The number of H-pyrrole nitrogens is 1. The highest BCUT2D eigenvalue weighted by Crippen LogP contribution is 2.47. The van der Waals surface area contributed by atoms with E-state index in [2.05, 4.69) is 38.5 Å². The zero-order valence-corrected chi connectivity index (χ0v) is 17.6. The summed E-state index contributed by atoms with van der Waals surface area (Å²) in [5.41, 5.74) is 7.87. The third kappa shape index (κ3) is 3.11. The van der Waals surface area contributed by atoms with Crippen LogP contribution in [0, 0.1) is 0 Å². The fourth-order valence-electron chi connectivity index (χ4n) is 4.71. The second-order valence-electron chi connectivity index (χ2n) is 8.03. The van der Waals surface area contributed by atoms with Crippen molar-refractivity contribution in [1.82, 2.24) is 20.3 Å². The largest absolute Gasteiger partial charge is 0.390 e. The van der Waals surface area contributed by atoms with Crippen LogP contribution in [0.5, 0.6) is 0 Å². The number of benzene rings is 2. The van der Waals surface area contributed by atoms with E-state index >= 15 is 0 Å². The molecule has 1 aliphatic carbocycles. The Balaban J connectivity index is 1.47. The van der Waals surface area contributed by atoms with E-state index in [0.717, 1.165) is 38.9 Å². The van der Waals surface area contributed by atoms with Crippen LogP contribution in [0.1, 0.15) is 33.2 Å². The Kier molecular flexibility index (Phi) is 4.52. The number of carbonyl (C=O) groups excluding carboxylic acids is 1. The van der Waals surface area contributed by atoms with Crippen molar-refractivity contribution in [3.05, 3.63) is 108 Å². The number of aromatic amines is 1. The van der Waals surface area contributed by atoms with E-state index in [1.807, 2.05) is 42.5 Å². The van der Waals surface area contributed by atoms with Gasteiger partial charge in [0.1, 0.15) is 5.65 Å². The van der Waals surface area contributed by atoms with Crippen LogP contribution in [0.15, 0.2) is 85.2 Å². The monoisotopic (exact) mass is 432 g/mol. The van der Waals surface area contributed by atoms with Crippen LogP contribution < -0.4 is 5.32 Å². The van der Waals surface area contributed by atoms with Gasteiger partial charge < -0.3 is 15.4 Å². The summed E-state index contributed by atoms with van der Waals surface area (Å²) in [5.74, 6) is -0.152. The zero-order chi connectivity index (χ0) is 22.4. The molecule has 33 heavy (non-hydrogen) atoms. The van der Waals surface area contributed by atoms with Gasteiger partial charge in [-0.2, -0.15) is 0 Å². The Hall–Kier alpha value is -4.29. The number of nitrogens with zero attached hydrogens (tertiary/aromatic N) is 2. The number of fused-ring (bicyclic) bond motifs is 4. The molecule has 0 bridgehead atoms. The summed E-state index contributed by atoms with van der Waals surface area (Å²) in [4.78, 5) is 25.3. The van der Waals surface area contributed by atoms with E-state index in [1.165, 1.54) is 0 Å². The first-order valence-corrected chi connectivity index (χ1v) is 10.8. The van der Waals surface area contributed by atoms with Gasteiger partial charge in [0.05, 0.1) is 29.6 Å². The van der Waals surface area contributed by atoms with Gasteiger partial charge in [0.15, 0.2) is 0 Å². The van der Waals surface area contributed by atoms with Crippen molar-refractivity contribution in [1.29, 1.82) is 0 Å². The Morgan fingerprint density at radius 1 is 0.939 bits per heavy atom. The van der Waals surface area contributed by atoms with Crippen molar-refractivity contribution in [2.24, 2.45) is 0 Å². The molecule has 3 heterocycles. The Morgan fingerprint density at radius 3 is 2.67 bits per heavy atom. The third-order valence-corrected chi connectivity index (χ3v) is 6.17. The van der Waals surface area contributed by atoms with Gasteiger partial charge >= 0.3 is 0 Å². The number of pyridine rings is 2. The molecule has 3 aromatic heterocycles. The number of aliphatic hydroxyl groups excluding tert-OH is 1. The maximum Gasteiger partial charge on any atom is 0.252 e. The summed E-state index contributed by atoms with van der Waals surface area (Å²) in [6.45, 7) is -0.113. The van der Waals surface area contributed by atoms with Crippen molar-refractivity contribution < 1.29 is 9.90 Å². The second kappa shape index (κ2) is 7.69. The molecule has 1 amide bonds. The molecule has 0 spiro atoms. The summed E-state index contributed by atoms with van der Waals surface area (Å²) >= 11 is 0. The maximum atomic E-state index is 13.4. The van der Waals surface area contributed by atoms with Crippen LogP contribution in [0.25, 0.3) is 33.4 Å². The lowest BCUT2D eigenvalue weighted by atomic mass is 9.96. The van der Waals surface area contributed by atoms with E-state index in [4.69, 9.17) is 0 Å². The van der Waals surface area contributed by atoms with Crippen molar-refractivity contribution in [3.63, 3.8) is 0 Å². The minimum Gasteiger partial charge on any atom is -0.390 e. The summed E-state index contributed by atoms with van der Waals surface area (Å²) in [5, 5.41) is 13.6. The molecule has 1 atom stereocenters. The number of rotatable bonds is 4. The number of aromatic nitrogens is 3. The molecule has 0 radical (unpaired) electrons. The summed E-state index contributed by atoms with van der Waals surface area (Å²) in [6, 6.07) is 23.2. The van der Waals surface area contributed by atoms with E-state index in [-0.39, 0.29) is 18.6 Å². The molecule has 6 nitrogen and oxygen atoms in total. The van der Waals surface area contributed by atoms with E-state index in [0.29, 0.717) is 16.9 Å². The molecule has 1 aliphatic rings. The van der Waals surface area contributed by atoms with Gasteiger partial charge in [-0.05, 0) is 46.5 Å². The molecule has 0 fully saturated rings. The molecule has 0 saturated carbocycles. The van der Waals surface area contributed by atoms with E-state index in [1.54, 1.807) is 24.5 Å². The lowest BCUT2D eigenvalue weighted by Gasteiger charge is -2.17. The van der Waals surface area contributed by atoms with E-state index < -0.39 is 0 Å². The topological polar surface area (TPSA) is 90.9 Å². The highest BCUT2D eigenvalue weighted by Gasteiger charge is 2.32. The van der Waals surface area contributed by atoms with Crippen LogP contribution in [0.3, 0.4) is 0 Å². The molecule has 2 aromatic carbocycles. The van der Waals surface area contributed by atoms with Crippen molar-refractivity contribution in [2.45, 2.75) is 12.6 Å². The van der Waals surface area contributed by atoms with Gasteiger partial charge in [-0.1, -0.05) is 48.5 Å². The first-order valence-electron chi connectivity index (χ1n) is 10.8. The quantitative estimate of drug-likeness (QED) is 0.387. The SMILES string of the molecule is O=C(NC1c2ccccc2-c2c(-c3cccc(CO)n3)cccc21)c1ccnc2[nH]ccc12. The predicted octanol–water partition coefficient (Wildman–Crippen LogP) is 4.62. The maximum absolute atomic E-state index is 13.4. The number of hydrogen-bond acceptors (Lipinski definition) is 4. The fourth-order valence-corrected chi connectivity index (χ4v) is 4.71. The Bertz CT molecular complexity index is 1520.